The minimum atomic E-state index is -4.50. The first-order chi connectivity index (χ1) is 12.7. The van der Waals surface area contributed by atoms with E-state index in [9.17, 15) is 18.0 Å². The maximum absolute atomic E-state index is 12.2. The lowest BCUT2D eigenvalue weighted by atomic mass is 10.1. The molecule has 4 N–H and O–H groups in total. The Bertz CT molecular complexity index is 991. The molecule has 8 nitrogen and oxygen atoms in total. The highest BCUT2D eigenvalue weighted by Gasteiger charge is 2.28. The summed E-state index contributed by atoms with van der Waals surface area (Å²) in [7, 11) is 0. The van der Waals surface area contributed by atoms with Gasteiger partial charge in [-0.25, -0.2) is 4.98 Å². The van der Waals surface area contributed by atoms with Crippen LogP contribution in [0.5, 0.6) is 5.75 Å². The lowest BCUT2D eigenvalue weighted by Crippen LogP contribution is -2.33. The van der Waals surface area contributed by atoms with Gasteiger partial charge in [-0.2, -0.15) is 23.5 Å². The number of nitrogen functional groups attached to an aromatic ring is 1. The van der Waals surface area contributed by atoms with E-state index in [0.29, 0.717) is 11.1 Å². The Morgan fingerprint density at radius 2 is 2.07 bits per heavy atom. The third-order valence-corrected chi connectivity index (χ3v) is 3.79. The molecule has 2 heterocycles. The molecule has 1 aromatic carbocycles. The zero-order valence-corrected chi connectivity index (χ0v) is 14.2. The highest BCUT2D eigenvalue weighted by atomic mass is 35.5. The molecular formula is C15H12ClF3N6O2. The van der Waals surface area contributed by atoms with E-state index >= 15 is 0 Å². The van der Waals surface area contributed by atoms with Gasteiger partial charge in [-0.15, -0.1) is 5.10 Å². The number of amides is 1. The monoisotopic (exact) mass is 400 g/mol. The van der Waals surface area contributed by atoms with Crippen LogP contribution in [-0.4, -0.2) is 39.0 Å². The number of alkyl halides is 3. The first-order valence-electron chi connectivity index (χ1n) is 7.46. The second-order valence-electron chi connectivity index (χ2n) is 5.43. The highest BCUT2D eigenvalue weighted by molar-refractivity contribution is 6.31. The fourth-order valence-electron chi connectivity index (χ4n) is 2.20. The van der Waals surface area contributed by atoms with Gasteiger partial charge in [0.15, 0.2) is 11.3 Å². The number of anilines is 1. The fraction of sp³-hybridized carbons (Fsp3) is 0.200. The molecule has 1 amide bonds. The number of fused-ring (bicyclic) bond motifs is 1. The van der Waals surface area contributed by atoms with E-state index in [1.807, 2.05) is 0 Å². The molecule has 0 radical (unpaired) electrons. The van der Waals surface area contributed by atoms with E-state index in [1.54, 1.807) is 5.32 Å². The number of hydrogen-bond acceptors (Lipinski definition) is 6. The van der Waals surface area contributed by atoms with Crippen molar-refractivity contribution in [2.24, 2.45) is 0 Å². The van der Waals surface area contributed by atoms with Crippen molar-refractivity contribution in [1.29, 1.82) is 0 Å². The van der Waals surface area contributed by atoms with Crippen LogP contribution < -0.4 is 15.8 Å². The number of nitrogens with zero attached hydrogens (tertiary/aromatic N) is 3. The number of carbonyl (C=O) groups excluding carboxylic acids is 1. The summed E-state index contributed by atoms with van der Waals surface area (Å²) in [4.78, 5) is 15.8. The van der Waals surface area contributed by atoms with Crippen molar-refractivity contribution in [1.82, 2.24) is 25.7 Å². The predicted molar refractivity (Wildman–Crippen MR) is 90.3 cm³/mol. The van der Waals surface area contributed by atoms with Crippen molar-refractivity contribution in [3.63, 3.8) is 0 Å². The number of nitrogens with two attached hydrogens (primary N) is 1. The molecule has 0 aliphatic carbocycles. The maximum Gasteiger partial charge on any atom is 0.405 e. The number of pyridine rings is 1. The molecule has 0 saturated heterocycles. The van der Waals surface area contributed by atoms with E-state index in [-0.39, 0.29) is 34.4 Å². The molecule has 0 bridgehead atoms. The summed E-state index contributed by atoms with van der Waals surface area (Å²) in [6, 6.07) is 5.50. The van der Waals surface area contributed by atoms with Crippen molar-refractivity contribution in [2.45, 2.75) is 12.8 Å². The zero-order chi connectivity index (χ0) is 19.6. The van der Waals surface area contributed by atoms with Crippen LogP contribution in [0, 0.1) is 0 Å². The second kappa shape index (κ2) is 7.27. The first-order valence-corrected chi connectivity index (χ1v) is 7.84. The van der Waals surface area contributed by atoms with Gasteiger partial charge in [-0.3, -0.25) is 4.79 Å². The number of hydrogen-bond donors (Lipinski definition) is 3. The van der Waals surface area contributed by atoms with Gasteiger partial charge in [0.2, 0.25) is 5.65 Å². The van der Waals surface area contributed by atoms with Crippen LogP contribution in [0.2, 0.25) is 5.02 Å². The third kappa shape index (κ3) is 4.56. The molecule has 0 fully saturated rings. The van der Waals surface area contributed by atoms with Crippen LogP contribution in [0.4, 0.5) is 19.0 Å². The molecule has 27 heavy (non-hydrogen) atoms. The molecule has 0 atom stereocenters. The van der Waals surface area contributed by atoms with Crippen LogP contribution >= 0.6 is 11.6 Å². The normalized spacial score (nSPS) is 11.6. The lowest BCUT2D eigenvalue weighted by molar-refractivity contribution is -0.123. The SMILES string of the molecule is Nc1cc(OCc2cc(C(=O)NCC(F)(F)F)ccc2Cl)c2n[nH]nc2n1. The molecule has 0 spiro atoms. The molecule has 3 rings (SSSR count). The van der Waals surface area contributed by atoms with Gasteiger partial charge in [0.25, 0.3) is 5.91 Å². The molecule has 0 aliphatic rings. The van der Waals surface area contributed by atoms with Gasteiger partial charge in [0.1, 0.15) is 19.0 Å². The summed E-state index contributed by atoms with van der Waals surface area (Å²) in [5.74, 6) is -0.427. The van der Waals surface area contributed by atoms with Crippen LogP contribution in [0.1, 0.15) is 15.9 Å². The van der Waals surface area contributed by atoms with E-state index in [2.05, 4.69) is 20.4 Å². The highest BCUT2D eigenvalue weighted by Crippen LogP contribution is 2.26. The molecule has 3 aromatic rings. The maximum atomic E-state index is 12.2. The summed E-state index contributed by atoms with van der Waals surface area (Å²) in [6.07, 6.45) is -4.50. The molecule has 142 valence electrons. The zero-order valence-electron chi connectivity index (χ0n) is 13.5. The van der Waals surface area contributed by atoms with Crippen molar-refractivity contribution in [2.75, 3.05) is 12.3 Å². The first kappa shape index (κ1) is 18.7. The van der Waals surface area contributed by atoms with Gasteiger partial charge >= 0.3 is 6.18 Å². The van der Waals surface area contributed by atoms with Crippen LogP contribution in [0.3, 0.4) is 0 Å². The van der Waals surface area contributed by atoms with Crippen LogP contribution in [0.25, 0.3) is 11.2 Å². The average molecular weight is 401 g/mol. The second-order valence-corrected chi connectivity index (χ2v) is 5.84. The molecule has 2 aromatic heterocycles. The van der Waals surface area contributed by atoms with E-state index in [0.717, 1.165) is 0 Å². The molecule has 0 saturated carbocycles. The number of aromatic amines is 1. The summed E-state index contributed by atoms with van der Waals surface area (Å²) in [6.45, 7) is -1.51. The number of halogens is 4. The lowest BCUT2D eigenvalue weighted by Gasteiger charge is -2.11. The molecule has 0 unspecified atom stereocenters. The Labute approximate surface area is 154 Å². The number of nitrogens with one attached hydrogen (secondary N) is 2. The molecule has 12 heteroatoms. The van der Waals surface area contributed by atoms with Gasteiger partial charge in [-0.05, 0) is 18.2 Å². The number of carbonyl (C=O) groups is 1. The topological polar surface area (TPSA) is 119 Å². The quantitative estimate of drug-likeness (QED) is 0.605. The summed E-state index contributed by atoms with van der Waals surface area (Å²) < 4.78 is 42.3. The number of benzene rings is 1. The van der Waals surface area contributed by atoms with Gasteiger partial charge < -0.3 is 15.8 Å². The van der Waals surface area contributed by atoms with Crippen molar-refractivity contribution in [3.05, 3.63) is 40.4 Å². The standard InChI is InChI=1S/C15H12ClF3N6O2/c16-9-2-1-7(14(26)21-6-15(17,18)19)3-8(9)5-27-10-4-11(20)22-13-12(10)23-25-24-13/h1-4H,5-6H2,(H,21,26)(H3,20,22,23,24,25). The minimum absolute atomic E-state index is 0.0167. The van der Waals surface area contributed by atoms with Gasteiger partial charge in [0, 0.05) is 22.2 Å². The largest absolute Gasteiger partial charge is 0.486 e. The van der Waals surface area contributed by atoms with E-state index < -0.39 is 18.6 Å². The van der Waals surface area contributed by atoms with Crippen LogP contribution in [0.15, 0.2) is 24.3 Å². The van der Waals surface area contributed by atoms with Crippen molar-refractivity contribution < 1.29 is 22.7 Å². The Balaban J connectivity index is 1.76. The Morgan fingerprint density at radius 1 is 1.30 bits per heavy atom. The van der Waals surface area contributed by atoms with Gasteiger partial charge in [-0.1, -0.05) is 11.6 Å². The van der Waals surface area contributed by atoms with E-state index in [1.165, 1.54) is 24.3 Å². The number of aromatic nitrogens is 4. The number of rotatable bonds is 5. The van der Waals surface area contributed by atoms with Gasteiger partial charge in [0.05, 0.1) is 0 Å². The Hall–Kier alpha value is -3.08. The van der Waals surface area contributed by atoms with Crippen LogP contribution in [-0.2, 0) is 6.61 Å². The summed E-state index contributed by atoms with van der Waals surface area (Å²) >= 11 is 6.08. The molecular weight excluding hydrogens is 389 g/mol. The smallest absolute Gasteiger partial charge is 0.405 e. The minimum Gasteiger partial charge on any atom is -0.486 e. The number of ether oxygens (including phenoxy) is 1. The fourth-order valence-corrected chi connectivity index (χ4v) is 2.37. The third-order valence-electron chi connectivity index (χ3n) is 3.42. The predicted octanol–water partition coefficient (Wildman–Crippen LogP) is 2.46. The van der Waals surface area contributed by atoms with E-state index in [4.69, 9.17) is 22.1 Å². The average Bonchev–Trinajstić information content (AvgIpc) is 3.06. The Kier molecular flexibility index (Phi) is 5.04. The Morgan fingerprint density at radius 3 is 2.81 bits per heavy atom. The number of H-pyrrole nitrogens is 1. The summed E-state index contributed by atoms with van der Waals surface area (Å²) in [5, 5.41) is 12.2. The summed E-state index contributed by atoms with van der Waals surface area (Å²) in [5.41, 5.74) is 6.69. The molecule has 0 aliphatic heterocycles. The van der Waals surface area contributed by atoms with Crippen molar-refractivity contribution >= 4 is 34.5 Å². The van der Waals surface area contributed by atoms with Crippen molar-refractivity contribution in [3.8, 4) is 5.75 Å².